The molecule has 0 saturated heterocycles. The first kappa shape index (κ1) is 6.40. The fourth-order valence-electron chi connectivity index (χ4n) is 1.01. The van der Waals surface area contributed by atoms with Crippen molar-refractivity contribution in [3.05, 3.63) is 24.2 Å². The van der Waals surface area contributed by atoms with Crippen LogP contribution in [-0.4, -0.2) is 22.4 Å². The molecular weight excluding hydrogens is 137 g/mol. The summed E-state index contributed by atoms with van der Waals surface area (Å²) in [5.74, 6) is 0. The minimum absolute atomic E-state index is 0.626. The summed E-state index contributed by atoms with van der Waals surface area (Å²) in [5.41, 5.74) is 2.40. The predicted molar refractivity (Wildman–Crippen MR) is 43.1 cm³/mol. The lowest BCUT2D eigenvalue weighted by Gasteiger charge is -1.92. The van der Waals surface area contributed by atoms with Crippen LogP contribution in [0.1, 0.15) is 5.69 Å². The monoisotopic (exact) mass is 143 g/mol. The minimum atomic E-state index is 0.626. The number of hydrogen-bond donors (Lipinski definition) is 0. The maximum atomic E-state index is 5.51. The second-order valence-electron chi connectivity index (χ2n) is 2.48. The number of aryl methyl sites for hydroxylation is 1. The van der Waals surface area contributed by atoms with Gasteiger partial charge in [-0.2, -0.15) is 5.10 Å². The molecule has 2 aromatic rings. The Morgan fingerprint density at radius 3 is 3.18 bits per heavy atom. The Kier molecular flexibility index (Phi) is 1.21. The van der Waals surface area contributed by atoms with Gasteiger partial charge in [0.15, 0.2) is 5.65 Å². The summed E-state index contributed by atoms with van der Waals surface area (Å²) in [4.78, 5) is 4.08. The average molecular weight is 143 g/mol. The Morgan fingerprint density at radius 2 is 2.36 bits per heavy atom. The normalized spacial score (nSPS) is 10.6. The summed E-state index contributed by atoms with van der Waals surface area (Å²) in [6.07, 6.45) is 3.37. The van der Waals surface area contributed by atoms with E-state index in [9.17, 15) is 0 Å². The van der Waals surface area contributed by atoms with Gasteiger partial charge in [0.2, 0.25) is 0 Å². The second kappa shape index (κ2) is 2.08. The molecular formula is C7H6BN3. The highest BCUT2D eigenvalue weighted by molar-refractivity contribution is 6.31. The molecule has 52 valence electrons. The molecule has 2 radical (unpaired) electrons. The van der Waals surface area contributed by atoms with E-state index >= 15 is 0 Å². The Bertz CT molecular complexity index is 393. The van der Waals surface area contributed by atoms with E-state index in [4.69, 9.17) is 7.85 Å². The molecule has 0 aliphatic rings. The van der Waals surface area contributed by atoms with Crippen molar-refractivity contribution in [1.82, 2.24) is 14.6 Å². The molecule has 0 aliphatic carbocycles. The van der Waals surface area contributed by atoms with Gasteiger partial charge in [-0.1, -0.05) is 5.46 Å². The molecule has 0 aliphatic heterocycles. The predicted octanol–water partition coefficient (Wildman–Crippen LogP) is -0.168. The number of hydrogen-bond acceptors (Lipinski definition) is 2. The summed E-state index contributed by atoms with van der Waals surface area (Å²) < 4.78 is 1.67. The molecule has 0 spiro atoms. The van der Waals surface area contributed by atoms with E-state index in [0.717, 1.165) is 11.3 Å². The molecule has 0 aromatic carbocycles. The van der Waals surface area contributed by atoms with Gasteiger partial charge in [0, 0.05) is 18.5 Å². The third kappa shape index (κ3) is 1.00. The minimum Gasteiger partial charge on any atom is -0.238 e. The van der Waals surface area contributed by atoms with Crippen molar-refractivity contribution in [2.45, 2.75) is 6.92 Å². The lowest BCUT2D eigenvalue weighted by molar-refractivity contribution is 0.923. The maximum Gasteiger partial charge on any atom is 0.155 e. The van der Waals surface area contributed by atoms with Crippen molar-refractivity contribution < 1.29 is 0 Å². The van der Waals surface area contributed by atoms with E-state index in [2.05, 4.69) is 10.1 Å². The van der Waals surface area contributed by atoms with Crippen LogP contribution in [0, 0.1) is 6.92 Å². The second-order valence-corrected chi connectivity index (χ2v) is 2.48. The quantitative estimate of drug-likeness (QED) is 0.479. The van der Waals surface area contributed by atoms with E-state index in [-0.39, 0.29) is 0 Å². The van der Waals surface area contributed by atoms with Gasteiger partial charge in [-0.25, -0.2) is 9.50 Å². The molecule has 0 amide bonds. The molecule has 2 aromatic heterocycles. The maximum absolute atomic E-state index is 5.51. The van der Waals surface area contributed by atoms with Crippen molar-refractivity contribution in [3.63, 3.8) is 0 Å². The van der Waals surface area contributed by atoms with E-state index in [0.29, 0.717) is 5.46 Å². The lowest BCUT2D eigenvalue weighted by atomic mass is 10.0. The molecule has 3 nitrogen and oxygen atoms in total. The number of nitrogens with zero attached hydrogens (tertiary/aromatic N) is 3. The zero-order chi connectivity index (χ0) is 7.84. The van der Waals surface area contributed by atoms with Crippen LogP contribution in [0.2, 0.25) is 0 Å². The van der Waals surface area contributed by atoms with Crippen LogP contribution < -0.4 is 5.46 Å². The van der Waals surface area contributed by atoms with Gasteiger partial charge in [-0.05, 0) is 6.92 Å². The van der Waals surface area contributed by atoms with Crippen LogP contribution in [-0.2, 0) is 0 Å². The van der Waals surface area contributed by atoms with E-state index in [1.807, 2.05) is 13.0 Å². The zero-order valence-electron chi connectivity index (χ0n) is 6.15. The molecule has 0 saturated carbocycles. The Hall–Kier alpha value is -1.32. The molecule has 0 unspecified atom stereocenters. The summed E-state index contributed by atoms with van der Waals surface area (Å²) in [6.45, 7) is 1.92. The van der Waals surface area contributed by atoms with Gasteiger partial charge in [-0.15, -0.1) is 0 Å². The van der Waals surface area contributed by atoms with E-state index < -0.39 is 0 Å². The van der Waals surface area contributed by atoms with Gasteiger partial charge < -0.3 is 0 Å². The van der Waals surface area contributed by atoms with Crippen LogP contribution in [0.5, 0.6) is 0 Å². The number of rotatable bonds is 0. The van der Waals surface area contributed by atoms with Crippen molar-refractivity contribution in [1.29, 1.82) is 0 Å². The summed E-state index contributed by atoms with van der Waals surface area (Å²) in [7, 11) is 5.51. The number of fused-ring (bicyclic) bond motifs is 1. The largest absolute Gasteiger partial charge is 0.238 e. The third-order valence-electron chi connectivity index (χ3n) is 1.46. The van der Waals surface area contributed by atoms with Gasteiger partial charge in [-0.3, -0.25) is 0 Å². The van der Waals surface area contributed by atoms with Crippen LogP contribution >= 0.6 is 0 Å². The fraction of sp³-hybridized carbons (Fsp3) is 0.143. The molecule has 4 heteroatoms. The lowest BCUT2D eigenvalue weighted by Crippen LogP contribution is -2.06. The molecule has 2 rings (SSSR count). The SMILES string of the molecule is [B]c1cnc2cc(C)nn2c1. The number of aromatic nitrogens is 3. The van der Waals surface area contributed by atoms with Gasteiger partial charge in [0.05, 0.1) is 5.69 Å². The highest BCUT2D eigenvalue weighted by Gasteiger charge is 1.96. The smallest absolute Gasteiger partial charge is 0.155 e. The summed E-state index contributed by atoms with van der Waals surface area (Å²) >= 11 is 0. The first-order valence-electron chi connectivity index (χ1n) is 3.33. The fourth-order valence-corrected chi connectivity index (χ4v) is 1.01. The van der Waals surface area contributed by atoms with E-state index in [1.165, 1.54) is 0 Å². The molecule has 11 heavy (non-hydrogen) atoms. The van der Waals surface area contributed by atoms with Crippen LogP contribution in [0.25, 0.3) is 5.65 Å². The molecule has 0 bridgehead atoms. The third-order valence-corrected chi connectivity index (χ3v) is 1.46. The van der Waals surface area contributed by atoms with Crippen LogP contribution in [0.4, 0.5) is 0 Å². The summed E-state index contributed by atoms with van der Waals surface area (Å²) in [5, 5.41) is 4.15. The van der Waals surface area contributed by atoms with Crippen molar-refractivity contribution >= 4 is 19.0 Å². The molecule has 2 heterocycles. The van der Waals surface area contributed by atoms with Crippen LogP contribution in [0.3, 0.4) is 0 Å². The first-order valence-corrected chi connectivity index (χ1v) is 3.33. The highest BCUT2D eigenvalue weighted by Crippen LogP contribution is 1.98. The van der Waals surface area contributed by atoms with Crippen LogP contribution in [0.15, 0.2) is 18.5 Å². The summed E-state index contributed by atoms with van der Waals surface area (Å²) in [6, 6.07) is 1.90. The van der Waals surface area contributed by atoms with Gasteiger partial charge in [0.25, 0.3) is 0 Å². The van der Waals surface area contributed by atoms with Crippen molar-refractivity contribution in [2.75, 3.05) is 0 Å². The molecule has 0 fully saturated rings. The average Bonchev–Trinajstić information content (AvgIpc) is 2.27. The van der Waals surface area contributed by atoms with Gasteiger partial charge in [0.1, 0.15) is 7.85 Å². The Labute approximate surface area is 65.5 Å². The standard InChI is InChI=1S/C7H6BN3/c1-5-2-7-9-3-6(8)4-11(7)10-5/h2-4H,1H3. The topological polar surface area (TPSA) is 30.2 Å². The first-order chi connectivity index (χ1) is 5.25. The Morgan fingerprint density at radius 1 is 1.55 bits per heavy atom. The molecule has 0 N–H and O–H groups in total. The van der Waals surface area contributed by atoms with Gasteiger partial charge >= 0.3 is 0 Å². The molecule has 0 atom stereocenters. The van der Waals surface area contributed by atoms with Crippen molar-refractivity contribution in [2.24, 2.45) is 0 Å². The zero-order valence-corrected chi connectivity index (χ0v) is 6.15. The van der Waals surface area contributed by atoms with Crippen molar-refractivity contribution in [3.8, 4) is 0 Å². The Balaban J connectivity index is 2.82. The highest BCUT2D eigenvalue weighted by atomic mass is 15.2. The van der Waals surface area contributed by atoms with E-state index in [1.54, 1.807) is 16.9 Å².